The third-order valence-electron chi connectivity index (χ3n) is 7.93. The number of pyridine rings is 1. The van der Waals surface area contributed by atoms with Crippen molar-refractivity contribution in [3.8, 4) is 22.8 Å². The van der Waals surface area contributed by atoms with Crippen LogP contribution < -0.4 is 15.8 Å². The normalized spacial score (nSPS) is 15.0. The fourth-order valence-corrected chi connectivity index (χ4v) is 5.36. The Hall–Kier alpha value is -4.27. The monoisotopic (exact) mass is 662 g/mol. The van der Waals surface area contributed by atoms with E-state index in [1.54, 1.807) is 31.5 Å². The molecule has 1 saturated heterocycles. The first-order valence-electron chi connectivity index (χ1n) is 16.3. The summed E-state index contributed by atoms with van der Waals surface area (Å²) >= 11 is 0. The SMILES string of the molecule is CCc1cc(O)ccc1/N=C(\N)c1cnn2cc(-c3cnc(OCCOCCOCCOCCOC)cc3C)cc2c1N[C@H]1CCOC1. The van der Waals surface area contributed by atoms with Crippen molar-refractivity contribution in [2.45, 2.75) is 32.7 Å². The Morgan fingerprint density at radius 1 is 1.04 bits per heavy atom. The molecule has 0 unspecified atom stereocenters. The second-order valence-corrected chi connectivity index (χ2v) is 11.4. The largest absolute Gasteiger partial charge is 0.508 e. The lowest BCUT2D eigenvalue weighted by Gasteiger charge is -2.17. The lowest BCUT2D eigenvalue weighted by molar-refractivity contribution is 0.00000309. The fourth-order valence-electron chi connectivity index (χ4n) is 5.36. The summed E-state index contributed by atoms with van der Waals surface area (Å²) < 4.78 is 34.7. The number of aliphatic imine (C=N–C) groups is 1. The first kappa shape index (κ1) is 35.0. The zero-order valence-corrected chi connectivity index (χ0v) is 27.9. The van der Waals surface area contributed by atoms with Crippen molar-refractivity contribution in [1.82, 2.24) is 14.6 Å². The maximum Gasteiger partial charge on any atom is 0.213 e. The molecule has 3 aromatic heterocycles. The van der Waals surface area contributed by atoms with Crippen LogP contribution in [0.1, 0.15) is 30.0 Å². The molecule has 0 aliphatic carbocycles. The summed E-state index contributed by atoms with van der Waals surface area (Å²) in [6.45, 7) is 9.30. The van der Waals surface area contributed by atoms with Crippen LogP contribution in [0.2, 0.25) is 0 Å². The molecule has 258 valence electrons. The number of nitrogens with one attached hydrogen (secondary N) is 1. The Kier molecular flexibility index (Phi) is 13.0. The molecule has 13 nitrogen and oxygen atoms in total. The van der Waals surface area contributed by atoms with E-state index in [1.807, 2.05) is 36.8 Å². The van der Waals surface area contributed by atoms with E-state index < -0.39 is 0 Å². The van der Waals surface area contributed by atoms with Gasteiger partial charge in [0.15, 0.2) is 0 Å². The zero-order valence-electron chi connectivity index (χ0n) is 27.9. The molecular weight excluding hydrogens is 616 g/mol. The average molecular weight is 663 g/mol. The second kappa shape index (κ2) is 17.8. The molecule has 48 heavy (non-hydrogen) atoms. The standard InChI is InChI=1S/C35H46N6O7/c1-4-25-18-28(42)5-6-31(25)40-35(36)30-21-38-41-22-26(19-32(41)34(30)39-27-7-8-47-23-27)29-20-37-33(17-24(29)2)48-16-15-46-14-13-45-12-11-44-10-9-43-3/h5-6,17-22,27,39,42H,4,7-16,23H2,1-3H3,(H2,36,40)/t27-/m0/s1. The van der Waals surface area contributed by atoms with Crippen LogP contribution in [0.4, 0.5) is 11.4 Å². The van der Waals surface area contributed by atoms with Gasteiger partial charge in [-0.1, -0.05) is 6.92 Å². The summed E-state index contributed by atoms with van der Waals surface area (Å²) in [5, 5.41) is 18.3. The molecule has 4 heterocycles. The summed E-state index contributed by atoms with van der Waals surface area (Å²) in [5.41, 5.74) is 13.5. The Morgan fingerprint density at radius 3 is 2.48 bits per heavy atom. The minimum atomic E-state index is 0.128. The highest BCUT2D eigenvalue weighted by molar-refractivity contribution is 6.06. The molecule has 1 fully saturated rings. The number of aromatic nitrogens is 3. The van der Waals surface area contributed by atoms with Crippen LogP contribution >= 0.6 is 0 Å². The number of phenolic OH excluding ortho intramolecular Hbond substituents is 1. The number of nitrogens with zero attached hydrogens (tertiary/aromatic N) is 4. The van der Waals surface area contributed by atoms with Gasteiger partial charge in [-0.2, -0.15) is 5.10 Å². The highest BCUT2D eigenvalue weighted by atomic mass is 16.6. The molecule has 0 bridgehead atoms. The zero-order chi connectivity index (χ0) is 33.7. The predicted octanol–water partition coefficient (Wildman–Crippen LogP) is 4.29. The predicted molar refractivity (Wildman–Crippen MR) is 184 cm³/mol. The molecule has 0 amide bonds. The molecule has 0 spiro atoms. The molecule has 4 aromatic rings. The number of aromatic hydroxyl groups is 1. The lowest BCUT2D eigenvalue weighted by Crippen LogP contribution is -2.24. The molecule has 5 rings (SSSR count). The molecule has 1 aliphatic heterocycles. The Labute approximate surface area is 281 Å². The third kappa shape index (κ3) is 9.42. The van der Waals surface area contributed by atoms with Gasteiger partial charge < -0.3 is 44.6 Å². The molecule has 0 saturated carbocycles. The van der Waals surface area contributed by atoms with Gasteiger partial charge in [-0.15, -0.1) is 0 Å². The third-order valence-corrected chi connectivity index (χ3v) is 7.93. The van der Waals surface area contributed by atoms with Crippen molar-refractivity contribution in [2.24, 2.45) is 10.7 Å². The molecule has 1 aromatic carbocycles. The lowest BCUT2D eigenvalue weighted by atomic mass is 10.1. The number of nitrogens with two attached hydrogens (primary N) is 1. The Morgan fingerprint density at radius 2 is 1.79 bits per heavy atom. The summed E-state index contributed by atoms with van der Waals surface area (Å²) in [7, 11) is 1.64. The number of hydrogen-bond acceptors (Lipinski definition) is 11. The highest BCUT2D eigenvalue weighted by Crippen LogP contribution is 2.33. The van der Waals surface area contributed by atoms with Crippen molar-refractivity contribution >= 4 is 22.7 Å². The Balaban J connectivity index is 1.25. The molecule has 1 atom stereocenters. The van der Waals surface area contributed by atoms with Crippen molar-refractivity contribution in [1.29, 1.82) is 0 Å². The van der Waals surface area contributed by atoms with Crippen molar-refractivity contribution in [3.05, 3.63) is 65.6 Å². The molecule has 0 radical (unpaired) electrons. The topological polar surface area (TPSA) is 156 Å². The smallest absolute Gasteiger partial charge is 0.213 e. The molecule has 4 N–H and O–H groups in total. The van der Waals surface area contributed by atoms with E-state index in [1.165, 1.54) is 0 Å². The van der Waals surface area contributed by atoms with Crippen LogP contribution in [-0.2, 0) is 30.1 Å². The maximum atomic E-state index is 9.94. The molecular formula is C35H46N6O7. The molecule has 13 heteroatoms. The van der Waals surface area contributed by atoms with E-state index in [2.05, 4.69) is 16.4 Å². The quantitative estimate of drug-likeness (QED) is 0.0748. The van der Waals surface area contributed by atoms with Gasteiger partial charge >= 0.3 is 0 Å². The summed E-state index contributed by atoms with van der Waals surface area (Å²) in [6.07, 6.45) is 7.11. The highest BCUT2D eigenvalue weighted by Gasteiger charge is 2.22. The number of hydrogen-bond donors (Lipinski definition) is 3. The van der Waals surface area contributed by atoms with Crippen LogP contribution in [0.25, 0.3) is 16.6 Å². The number of ether oxygens (including phenoxy) is 6. The van der Waals surface area contributed by atoms with Gasteiger partial charge in [-0.3, -0.25) is 0 Å². The number of phenols is 1. The fraction of sp³-hybridized carbons (Fsp3) is 0.457. The van der Waals surface area contributed by atoms with Gasteiger partial charge in [-0.05, 0) is 55.2 Å². The van der Waals surface area contributed by atoms with E-state index in [-0.39, 0.29) is 11.8 Å². The number of rotatable bonds is 19. The second-order valence-electron chi connectivity index (χ2n) is 11.4. The van der Waals surface area contributed by atoms with Crippen LogP contribution in [0.15, 0.2) is 53.9 Å². The Bertz CT molecular complexity index is 1650. The van der Waals surface area contributed by atoms with Crippen LogP contribution in [0, 0.1) is 6.92 Å². The van der Waals surface area contributed by atoms with Crippen LogP contribution in [0.3, 0.4) is 0 Å². The number of anilines is 1. The number of fused-ring (bicyclic) bond motifs is 1. The summed E-state index contributed by atoms with van der Waals surface area (Å²) in [6, 6.07) is 9.23. The van der Waals surface area contributed by atoms with Gasteiger partial charge in [0.1, 0.15) is 18.2 Å². The first-order chi connectivity index (χ1) is 23.5. The van der Waals surface area contributed by atoms with Crippen molar-refractivity contribution < 1.29 is 33.5 Å². The van der Waals surface area contributed by atoms with E-state index in [0.29, 0.717) is 95.5 Å². The van der Waals surface area contributed by atoms with E-state index in [0.717, 1.165) is 39.9 Å². The van der Waals surface area contributed by atoms with Gasteiger partial charge in [0.05, 0.1) is 87.5 Å². The van der Waals surface area contributed by atoms with Crippen molar-refractivity contribution in [3.63, 3.8) is 0 Å². The first-order valence-corrected chi connectivity index (χ1v) is 16.3. The minimum absolute atomic E-state index is 0.128. The van der Waals surface area contributed by atoms with Gasteiger partial charge in [0.25, 0.3) is 0 Å². The van der Waals surface area contributed by atoms with E-state index >= 15 is 0 Å². The maximum absolute atomic E-state index is 9.94. The van der Waals surface area contributed by atoms with Crippen molar-refractivity contribution in [2.75, 3.05) is 78.5 Å². The number of methoxy groups -OCH3 is 1. The average Bonchev–Trinajstić information content (AvgIpc) is 3.76. The minimum Gasteiger partial charge on any atom is -0.508 e. The summed E-state index contributed by atoms with van der Waals surface area (Å²) in [4.78, 5) is 9.30. The van der Waals surface area contributed by atoms with E-state index in [9.17, 15) is 5.11 Å². The van der Waals surface area contributed by atoms with Gasteiger partial charge in [-0.25, -0.2) is 14.5 Å². The van der Waals surface area contributed by atoms with Crippen LogP contribution in [-0.4, -0.2) is 105 Å². The number of amidine groups is 1. The van der Waals surface area contributed by atoms with Gasteiger partial charge in [0.2, 0.25) is 5.88 Å². The number of aryl methyl sites for hydroxylation is 2. The summed E-state index contributed by atoms with van der Waals surface area (Å²) in [5.74, 6) is 1.05. The molecule has 1 aliphatic rings. The van der Waals surface area contributed by atoms with E-state index in [4.69, 9.17) is 44.2 Å². The number of benzene rings is 1. The van der Waals surface area contributed by atoms with Crippen LogP contribution in [0.5, 0.6) is 11.6 Å². The van der Waals surface area contributed by atoms with Gasteiger partial charge in [0, 0.05) is 43.3 Å².